The topological polar surface area (TPSA) is 74.7 Å². The zero-order valence-electron chi connectivity index (χ0n) is 17.3. The van der Waals surface area contributed by atoms with Gasteiger partial charge in [0.05, 0.1) is 12.5 Å². The van der Waals surface area contributed by atoms with E-state index in [2.05, 4.69) is 0 Å². The Morgan fingerprint density at radius 3 is 2.34 bits per heavy atom. The molecule has 1 N–H and O–H groups in total. The molecule has 4 unspecified atom stereocenters. The van der Waals surface area contributed by atoms with E-state index >= 15 is 0 Å². The Morgan fingerprint density at radius 1 is 1.21 bits per heavy atom. The van der Waals surface area contributed by atoms with Gasteiger partial charge in [-0.05, 0) is 70.1 Å². The van der Waals surface area contributed by atoms with Crippen molar-refractivity contribution in [3.8, 4) is 0 Å². The van der Waals surface area contributed by atoms with Crippen molar-refractivity contribution >= 4 is 34.3 Å². The molecule has 2 fully saturated rings. The van der Waals surface area contributed by atoms with Gasteiger partial charge in [0.25, 0.3) is 0 Å². The van der Waals surface area contributed by atoms with Crippen molar-refractivity contribution in [1.29, 1.82) is 0 Å². The zero-order valence-corrected chi connectivity index (χ0v) is 18.8. The molecule has 5 nitrogen and oxygen atoms in total. The molecule has 4 atom stereocenters. The number of carboxylic acid groups (broad SMARTS) is 1. The van der Waals surface area contributed by atoms with Gasteiger partial charge in [-0.1, -0.05) is 23.7 Å². The molecule has 2 aliphatic rings. The summed E-state index contributed by atoms with van der Waals surface area (Å²) in [5.74, 6) is -0.802. The van der Waals surface area contributed by atoms with Gasteiger partial charge in [-0.2, -0.15) is 0 Å². The maximum atomic E-state index is 13.5. The molecule has 1 aliphatic heterocycles. The number of amides is 1. The number of benzene rings is 1. The van der Waals surface area contributed by atoms with Gasteiger partial charge in [0, 0.05) is 38.3 Å². The van der Waals surface area contributed by atoms with E-state index in [1.165, 1.54) is 0 Å². The van der Waals surface area contributed by atoms with Crippen LogP contribution in [0.25, 0.3) is 0 Å². The summed E-state index contributed by atoms with van der Waals surface area (Å²) >= 11 is 6.05. The number of hydrogen-bond donors (Lipinski definition) is 1. The number of nitrogens with zero attached hydrogens (tertiary/aromatic N) is 1. The van der Waals surface area contributed by atoms with E-state index in [9.17, 15) is 18.9 Å². The summed E-state index contributed by atoms with van der Waals surface area (Å²) in [6.07, 6.45) is 3.15. The summed E-state index contributed by atoms with van der Waals surface area (Å²) in [4.78, 5) is 26.6. The lowest BCUT2D eigenvalue weighted by molar-refractivity contribution is -0.151. The number of halogens is 1. The molecule has 0 bridgehead atoms. The van der Waals surface area contributed by atoms with Crippen LogP contribution in [0.2, 0.25) is 5.02 Å². The molecule has 1 aromatic rings. The zero-order chi connectivity index (χ0) is 21.3. The minimum Gasteiger partial charge on any atom is -0.481 e. The third-order valence-corrected chi connectivity index (χ3v) is 8.19. The predicted molar refractivity (Wildman–Crippen MR) is 115 cm³/mol. The normalized spacial score (nSPS) is 25.0. The molecule has 3 rings (SSSR count). The monoisotopic (exact) mass is 439 g/mol. The van der Waals surface area contributed by atoms with Gasteiger partial charge in [-0.25, -0.2) is 0 Å². The molecule has 1 amide bonds. The molecule has 1 saturated heterocycles. The molecule has 160 valence electrons. The molecule has 0 radical (unpaired) electrons. The Labute approximate surface area is 180 Å². The Bertz CT molecular complexity index is 785. The van der Waals surface area contributed by atoms with E-state index in [0.29, 0.717) is 29.5 Å². The number of rotatable bonds is 7. The van der Waals surface area contributed by atoms with Crippen LogP contribution in [0.4, 0.5) is 0 Å². The lowest BCUT2D eigenvalue weighted by Gasteiger charge is -2.44. The van der Waals surface area contributed by atoms with E-state index in [1.807, 2.05) is 49.9 Å². The number of aliphatic carboxylic acids is 1. The maximum absolute atomic E-state index is 13.5. The standard InChI is InChI=1S/C22H30ClNO4S/c1-22(2,3)29(28)13-19(15-4-5-15)24-18(14-6-9-17(23)10-7-14)11-8-16(21(24)27)12-20(25)26/h6-7,9-10,15-16,18-19H,4-5,8,11-13H2,1-3H3,(H,25,26). The Hall–Kier alpha value is -1.40. The van der Waals surface area contributed by atoms with Crippen molar-refractivity contribution in [2.45, 2.75) is 69.7 Å². The number of piperidine rings is 1. The quantitative estimate of drug-likeness (QED) is 0.682. The van der Waals surface area contributed by atoms with E-state index in [-0.39, 0.29) is 29.2 Å². The van der Waals surface area contributed by atoms with Crippen molar-refractivity contribution in [3.63, 3.8) is 0 Å². The van der Waals surface area contributed by atoms with Crippen LogP contribution < -0.4 is 0 Å². The molecule has 0 aromatic heterocycles. The molecule has 29 heavy (non-hydrogen) atoms. The molecule has 7 heteroatoms. The number of likely N-dealkylation sites (tertiary alicyclic amines) is 1. The highest BCUT2D eigenvalue weighted by Crippen LogP contribution is 2.44. The van der Waals surface area contributed by atoms with Crippen LogP contribution in [0.15, 0.2) is 24.3 Å². The van der Waals surface area contributed by atoms with Gasteiger partial charge in [0.1, 0.15) is 0 Å². The summed E-state index contributed by atoms with van der Waals surface area (Å²) in [6.45, 7) is 5.86. The lowest BCUT2D eigenvalue weighted by Crippen LogP contribution is -2.53. The van der Waals surface area contributed by atoms with Crippen LogP contribution in [-0.2, 0) is 20.4 Å². The lowest BCUT2D eigenvalue weighted by atomic mass is 9.85. The third kappa shape index (κ3) is 5.40. The second kappa shape index (κ2) is 8.76. The fraction of sp³-hybridized carbons (Fsp3) is 0.636. The summed E-state index contributed by atoms with van der Waals surface area (Å²) in [5.41, 5.74) is 1.00. The molecular weight excluding hydrogens is 410 g/mol. The second-order valence-corrected chi connectivity index (χ2v) is 11.9. The van der Waals surface area contributed by atoms with Crippen molar-refractivity contribution in [3.05, 3.63) is 34.9 Å². The Balaban J connectivity index is 1.95. The molecule has 1 aliphatic carbocycles. The summed E-state index contributed by atoms with van der Waals surface area (Å²) in [6, 6.07) is 7.27. The minimum absolute atomic E-state index is 0.110. The Kier molecular flexibility index (Phi) is 6.74. The SMILES string of the molecule is CC(C)(C)S(=O)CC(C1CC1)N1C(=O)C(CC(=O)O)CCC1c1ccc(Cl)cc1. The van der Waals surface area contributed by atoms with Gasteiger partial charge >= 0.3 is 5.97 Å². The number of carbonyl (C=O) groups excluding carboxylic acids is 1. The van der Waals surface area contributed by atoms with Crippen LogP contribution in [0.1, 0.15) is 64.5 Å². The van der Waals surface area contributed by atoms with Crippen molar-refractivity contribution in [2.75, 3.05) is 5.75 Å². The first kappa shape index (κ1) is 22.3. The summed E-state index contributed by atoms with van der Waals surface area (Å²) in [7, 11) is -1.09. The fourth-order valence-corrected chi connectivity index (χ4v) is 5.49. The smallest absolute Gasteiger partial charge is 0.304 e. The first-order chi connectivity index (χ1) is 13.6. The van der Waals surface area contributed by atoms with Crippen molar-refractivity contribution in [1.82, 2.24) is 4.90 Å². The predicted octanol–water partition coefficient (Wildman–Crippen LogP) is 4.42. The van der Waals surface area contributed by atoms with Gasteiger partial charge in [0.15, 0.2) is 0 Å². The van der Waals surface area contributed by atoms with Crippen LogP contribution in [-0.4, -0.2) is 42.6 Å². The number of carbonyl (C=O) groups is 2. The summed E-state index contributed by atoms with van der Waals surface area (Å²) in [5, 5.41) is 9.90. The maximum Gasteiger partial charge on any atom is 0.304 e. The van der Waals surface area contributed by atoms with Crippen LogP contribution >= 0.6 is 11.6 Å². The first-order valence-electron chi connectivity index (χ1n) is 10.3. The second-order valence-electron chi connectivity index (χ2n) is 9.21. The minimum atomic E-state index is -1.09. The van der Waals surface area contributed by atoms with Crippen LogP contribution in [0.5, 0.6) is 0 Å². The van der Waals surface area contributed by atoms with E-state index in [1.54, 1.807) is 0 Å². The van der Waals surface area contributed by atoms with Crippen molar-refractivity contribution in [2.24, 2.45) is 11.8 Å². The van der Waals surface area contributed by atoms with Gasteiger partial charge < -0.3 is 10.0 Å². The molecule has 0 spiro atoms. The molecular formula is C22H30ClNO4S. The average molecular weight is 440 g/mol. The highest BCUT2D eigenvalue weighted by molar-refractivity contribution is 7.86. The van der Waals surface area contributed by atoms with E-state index in [4.69, 9.17) is 11.6 Å². The highest BCUT2D eigenvalue weighted by atomic mass is 35.5. The van der Waals surface area contributed by atoms with Crippen LogP contribution in [0, 0.1) is 11.8 Å². The Morgan fingerprint density at radius 2 is 1.83 bits per heavy atom. The molecule has 1 aromatic carbocycles. The fourth-order valence-electron chi connectivity index (χ4n) is 4.12. The highest BCUT2D eigenvalue weighted by Gasteiger charge is 2.46. The first-order valence-corrected chi connectivity index (χ1v) is 12.0. The molecule has 1 saturated carbocycles. The number of hydrogen-bond acceptors (Lipinski definition) is 3. The summed E-state index contributed by atoms with van der Waals surface area (Å²) < 4.78 is 12.6. The van der Waals surface area contributed by atoms with E-state index < -0.39 is 22.7 Å². The van der Waals surface area contributed by atoms with Crippen molar-refractivity contribution < 1.29 is 18.9 Å². The number of carboxylic acids is 1. The third-order valence-electron chi connectivity index (χ3n) is 5.93. The van der Waals surface area contributed by atoms with E-state index in [0.717, 1.165) is 18.4 Å². The largest absolute Gasteiger partial charge is 0.481 e. The average Bonchev–Trinajstić information content (AvgIpc) is 3.46. The van der Waals surface area contributed by atoms with Gasteiger partial charge in [-0.3, -0.25) is 13.8 Å². The van der Waals surface area contributed by atoms with Crippen LogP contribution in [0.3, 0.4) is 0 Å². The molecule has 1 heterocycles. The van der Waals surface area contributed by atoms with Gasteiger partial charge in [-0.15, -0.1) is 0 Å². The van der Waals surface area contributed by atoms with Gasteiger partial charge in [0.2, 0.25) is 5.91 Å².